The highest BCUT2D eigenvalue weighted by Gasteiger charge is 2.31. The number of aromatic carboxylic acids is 1. The number of rotatable bonds is 5. The summed E-state index contributed by atoms with van der Waals surface area (Å²) >= 11 is 5.78. The van der Waals surface area contributed by atoms with Gasteiger partial charge in [-0.2, -0.15) is 8.42 Å². The lowest BCUT2D eigenvalue weighted by molar-refractivity contribution is -0.385. The van der Waals surface area contributed by atoms with Crippen LogP contribution < -0.4 is 0 Å². The molecular weight excluding hydrogens is 338 g/mol. The quantitative estimate of drug-likeness (QED) is 0.369. The Morgan fingerprint density at radius 3 is 2.45 bits per heavy atom. The molecule has 0 aliphatic rings. The van der Waals surface area contributed by atoms with Crippen LogP contribution in [0.15, 0.2) is 15.4 Å². The number of nitrogens with zero attached hydrogens (tertiary/aromatic N) is 3. The summed E-state index contributed by atoms with van der Waals surface area (Å²) in [4.78, 5) is 21.8. The SMILES string of the molecule is Cc1c(C(=O)O)cc([N+](=O)[O-])c(Cl)c1S(=O)(=O)/N=C/N(C)C. The number of nitro groups is 1. The molecule has 1 N–H and O–H groups in total. The summed E-state index contributed by atoms with van der Waals surface area (Å²) in [5, 5.41) is 19.3. The second-order valence-electron chi connectivity index (χ2n) is 4.43. The van der Waals surface area contributed by atoms with Crippen LogP contribution >= 0.6 is 11.6 Å². The molecule has 1 aromatic carbocycles. The number of carboxylic acid groups (broad SMARTS) is 1. The zero-order valence-electron chi connectivity index (χ0n) is 11.8. The maximum absolute atomic E-state index is 12.2. The Morgan fingerprint density at radius 1 is 1.50 bits per heavy atom. The Hall–Kier alpha value is -2.20. The standard InChI is InChI=1S/C11H12ClN3O6S/c1-6-7(11(16)17)4-8(15(18)19)9(12)10(6)22(20,21)13-5-14(2)3/h4-5H,1-3H3,(H,16,17)/b13-5+. The fraction of sp³-hybridized carbons (Fsp3) is 0.273. The number of nitro benzene ring substituents is 1. The molecule has 0 aliphatic carbocycles. The third-order valence-electron chi connectivity index (χ3n) is 2.55. The average Bonchev–Trinajstić information content (AvgIpc) is 2.35. The van der Waals surface area contributed by atoms with Crippen molar-refractivity contribution in [2.75, 3.05) is 14.1 Å². The Bertz CT molecular complexity index is 734. The lowest BCUT2D eigenvalue weighted by Crippen LogP contribution is -2.13. The van der Waals surface area contributed by atoms with Gasteiger partial charge in [0.2, 0.25) is 0 Å². The maximum Gasteiger partial charge on any atom is 0.336 e. The van der Waals surface area contributed by atoms with E-state index in [9.17, 15) is 23.3 Å². The first-order chi connectivity index (χ1) is 9.99. The molecule has 120 valence electrons. The van der Waals surface area contributed by atoms with Gasteiger partial charge in [-0.3, -0.25) is 10.1 Å². The third kappa shape index (κ3) is 3.52. The highest BCUT2D eigenvalue weighted by atomic mass is 35.5. The minimum absolute atomic E-state index is 0.223. The van der Waals surface area contributed by atoms with Crippen LogP contribution in [0, 0.1) is 17.0 Å². The summed E-state index contributed by atoms with van der Waals surface area (Å²) in [6.07, 6.45) is 0.963. The summed E-state index contributed by atoms with van der Waals surface area (Å²) < 4.78 is 27.7. The monoisotopic (exact) mass is 349 g/mol. The highest BCUT2D eigenvalue weighted by Crippen LogP contribution is 2.36. The topological polar surface area (TPSA) is 130 Å². The van der Waals surface area contributed by atoms with Gasteiger partial charge in [0.1, 0.15) is 16.3 Å². The van der Waals surface area contributed by atoms with Gasteiger partial charge in [-0.15, -0.1) is 4.40 Å². The fourth-order valence-corrected chi connectivity index (χ4v) is 3.39. The lowest BCUT2D eigenvalue weighted by atomic mass is 10.1. The fourth-order valence-electron chi connectivity index (χ4n) is 1.58. The molecule has 0 atom stereocenters. The van der Waals surface area contributed by atoms with Crippen LogP contribution in [0.5, 0.6) is 0 Å². The smallest absolute Gasteiger partial charge is 0.336 e. The van der Waals surface area contributed by atoms with Crippen LogP contribution in [0.4, 0.5) is 5.69 Å². The molecule has 0 saturated carbocycles. The van der Waals surface area contributed by atoms with E-state index >= 15 is 0 Å². The zero-order chi connectivity index (χ0) is 17.2. The summed E-state index contributed by atoms with van der Waals surface area (Å²) in [7, 11) is -1.37. The first-order valence-corrected chi connectivity index (χ1v) is 7.48. The molecule has 1 aromatic rings. The van der Waals surface area contributed by atoms with E-state index in [1.165, 1.54) is 25.9 Å². The number of carboxylic acids is 1. The molecule has 0 bridgehead atoms. The number of sulfonamides is 1. The number of hydrogen-bond donors (Lipinski definition) is 1. The molecule has 22 heavy (non-hydrogen) atoms. The summed E-state index contributed by atoms with van der Waals surface area (Å²) in [5.74, 6) is -1.51. The highest BCUT2D eigenvalue weighted by molar-refractivity contribution is 7.90. The minimum atomic E-state index is -4.40. The zero-order valence-corrected chi connectivity index (χ0v) is 13.3. The van der Waals surface area contributed by atoms with Gasteiger partial charge in [0.25, 0.3) is 15.7 Å². The van der Waals surface area contributed by atoms with Gasteiger partial charge in [-0.05, 0) is 12.5 Å². The first kappa shape index (κ1) is 17.9. The van der Waals surface area contributed by atoms with Crippen LogP contribution in [0.25, 0.3) is 0 Å². The van der Waals surface area contributed by atoms with E-state index in [1.54, 1.807) is 0 Å². The second kappa shape index (κ2) is 6.28. The molecule has 11 heteroatoms. The molecule has 0 aromatic heterocycles. The predicted molar refractivity (Wildman–Crippen MR) is 79.2 cm³/mol. The van der Waals surface area contributed by atoms with E-state index in [-0.39, 0.29) is 5.56 Å². The molecule has 0 radical (unpaired) electrons. The van der Waals surface area contributed by atoms with Gasteiger partial charge in [-0.25, -0.2) is 4.79 Å². The van der Waals surface area contributed by atoms with E-state index in [0.717, 1.165) is 6.34 Å². The summed E-state index contributed by atoms with van der Waals surface area (Å²) in [6.45, 7) is 1.19. The van der Waals surface area contributed by atoms with Gasteiger partial charge in [-0.1, -0.05) is 11.6 Å². The van der Waals surface area contributed by atoms with Crippen molar-refractivity contribution >= 4 is 39.6 Å². The molecule has 0 amide bonds. The Morgan fingerprint density at radius 2 is 2.05 bits per heavy atom. The van der Waals surface area contributed by atoms with Crippen molar-refractivity contribution in [3.05, 3.63) is 32.3 Å². The average molecular weight is 350 g/mol. The van der Waals surface area contributed by atoms with Gasteiger partial charge >= 0.3 is 5.97 Å². The Labute approximate surface area is 131 Å². The van der Waals surface area contributed by atoms with Crippen LogP contribution in [0.3, 0.4) is 0 Å². The van der Waals surface area contributed by atoms with Crippen molar-refractivity contribution in [2.24, 2.45) is 4.40 Å². The number of carbonyl (C=O) groups is 1. The molecular formula is C11H12ClN3O6S. The van der Waals surface area contributed by atoms with E-state index in [1.807, 2.05) is 0 Å². The van der Waals surface area contributed by atoms with Gasteiger partial charge in [0.15, 0.2) is 0 Å². The molecule has 0 spiro atoms. The second-order valence-corrected chi connectivity index (χ2v) is 6.38. The van der Waals surface area contributed by atoms with Gasteiger partial charge in [0.05, 0.1) is 10.5 Å². The van der Waals surface area contributed by atoms with Crippen molar-refractivity contribution in [3.8, 4) is 0 Å². The molecule has 0 aliphatic heterocycles. The van der Waals surface area contributed by atoms with Crippen LogP contribution in [0.1, 0.15) is 15.9 Å². The normalized spacial score (nSPS) is 11.6. The maximum atomic E-state index is 12.2. The van der Waals surface area contributed by atoms with E-state index < -0.39 is 42.1 Å². The molecule has 0 heterocycles. The number of benzene rings is 1. The Balaban J connectivity index is 3.80. The van der Waals surface area contributed by atoms with Crippen LogP contribution in [-0.2, 0) is 10.0 Å². The number of halogens is 1. The Kier molecular flexibility index (Phi) is 5.09. The van der Waals surface area contributed by atoms with E-state index in [0.29, 0.717) is 6.07 Å². The molecule has 9 nitrogen and oxygen atoms in total. The van der Waals surface area contributed by atoms with Crippen molar-refractivity contribution in [2.45, 2.75) is 11.8 Å². The molecule has 0 unspecified atom stereocenters. The van der Waals surface area contributed by atoms with Crippen LogP contribution in [-0.4, -0.2) is 49.8 Å². The first-order valence-electron chi connectivity index (χ1n) is 5.66. The minimum Gasteiger partial charge on any atom is -0.478 e. The molecule has 0 fully saturated rings. The van der Waals surface area contributed by atoms with Gasteiger partial charge in [0, 0.05) is 20.2 Å². The molecule has 0 saturated heterocycles. The molecule has 1 rings (SSSR count). The van der Waals surface area contributed by atoms with Crippen molar-refractivity contribution < 1.29 is 23.2 Å². The van der Waals surface area contributed by atoms with Crippen molar-refractivity contribution in [1.29, 1.82) is 0 Å². The van der Waals surface area contributed by atoms with E-state index in [2.05, 4.69) is 4.40 Å². The third-order valence-corrected chi connectivity index (χ3v) is 4.44. The predicted octanol–water partition coefficient (Wildman–Crippen LogP) is 1.53. The summed E-state index contributed by atoms with van der Waals surface area (Å²) in [6, 6.07) is 0.717. The largest absolute Gasteiger partial charge is 0.478 e. The lowest BCUT2D eigenvalue weighted by Gasteiger charge is -2.10. The van der Waals surface area contributed by atoms with Crippen LogP contribution in [0.2, 0.25) is 5.02 Å². The van der Waals surface area contributed by atoms with E-state index in [4.69, 9.17) is 16.7 Å². The number of hydrogen-bond acceptors (Lipinski definition) is 5. The summed E-state index contributed by atoms with van der Waals surface area (Å²) in [5.41, 5.74) is -1.57. The van der Waals surface area contributed by atoms with Crippen molar-refractivity contribution in [1.82, 2.24) is 4.90 Å². The van der Waals surface area contributed by atoms with Crippen molar-refractivity contribution in [3.63, 3.8) is 0 Å². The van der Waals surface area contributed by atoms with Gasteiger partial charge < -0.3 is 10.0 Å².